The van der Waals surface area contributed by atoms with Crippen LogP contribution in [0.2, 0.25) is 0 Å². The van der Waals surface area contributed by atoms with Gasteiger partial charge < -0.3 is 20.5 Å². The maximum atomic E-state index is 11.7. The summed E-state index contributed by atoms with van der Waals surface area (Å²) in [5, 5.41) is 3.25. The highest BCUT2D eigenvalue weighted by molar-refractivity contribution is 5.84. The van der Waals surface area contributed by atoms with Gasteiger partial charge >= 0.3 is 0 Å². The van der Waals surface area contributed by atoms with Crippen LogP contribution < -0.4 is 11.1 Å². The molecule has 0 aromatic rings. The van der Waals surface area contributed by atoms with Crippen molar-refractivity contribution in [3.63, 3.8) is 0 Å². The van der Waals surface area contributed by atoms with Gasteiger partial charge in [0.25, 0.3) is 0 Å². The largest absolute Gasteiger partial charge is 0.381 e. The minimum atomic E-state index is -0.719. The average molecular weight is 286 g/mol. The van der Waals surface area contributed by atoms with Crippen molar-refractivity contribution < 1.29 is 14.3 Å². The lowest BCUT2D eigenvalue weighted by atomic mass is 9.92. The molecular weight excluding hydrogens is 256 g/mol. The van der Waals surface area contributed by atoms with Crippen molar-refractivity contribution in [3.05, 3.63) is 0 Å². The van der Waals surface area contributed by atoms with E-state index in [1.807, 2.05) is 27.7 Å². The van der Waals surface area contributed by atoms with Crippen LogP contribution in [0.15, 0.2) is 0 Å². The van der Waals surface area contributed by atoms with Crippen molar-refractivity contribution >= 4 is 5.91 Å². The number of rotatable bonds is 8. The lowest BCUT2D eigenvalue weighted by Gasteiger charge is -2.33. The van der Waals surface area contributed by atoms with E-state index >= 15 is 0 Å². The van der Waals surface area contributed by atoms with Crippen molar-refractivity contribution in [2.24, 2.45) is 11.7 Å². The summed E-state index contributed by atoms with van der Waals surface area (Å²) in [6.07, 6.45) is 2.71. The second-order valence-electron chi connectivity index (χ2n) is 6.40. The Hall–Kier alpha value is -0.650. The molecule has 20 heavy (non-hydrogen) atoms. The summed E-state index contributed by atoms with van der Waals surface area (Å²) in [4.78, 5) is 11.7. The first-order chi connectivity index (χ1) is 9.33. The third-order valence-corrected chi connectivity index (χ3v) is 3.80. The molecule has 0 aromatic carbocycles. The standard InChI is InChI=1S/C15H30N2O3/c1-11(2)17-15(4,14(16)18)9-12(3)20-10-13-5-7-19-8-6-13/h11-13,17H,5-10H2,1-4H3,(H2,16,18). The molecule has 0 aromatic heterocycles. The summed E-state index contributed by atoms with van der Waals surface area (Å²) >= 11 is 0. The Morgan fingerprint density at radius 3 is 2.50 bits per heavy atom. The van der Waals surface area contributed by atoms with E-state index in [-0.39, 0.29) is 18.1 Å². The van der Waals surface area contributed by atoms with Crippen LogP contribution in [-0.2, 0) is 14.3 Å². The molecule has 3 N–H and O–H groups in total. The molecule has 1 saturated heterocycles. The topological polar surface area (TPSA) is 73.6 Å². The van der Waals surface area contributed by atoms with Gasteiger partial charge in [-0.1, -0.05) is 0 Å². The lowest BCUT2D eigenvalue weighted by Crippen LogP contribution is -2.57. The second kappa shape index (κ2) is 7.96. The Labute approximate surface area is 122 Å². The van der Waals surface area contributed by atoms with Crippen molar-refractivity contribution in [2.45, 2.75) is 64.6 Å². The number of ether oxygens (including phenoxy) is 2. The van der Waals surface area contributed by atoms with Crippen molar-refractivity contribution in [1.82, 2.24) is 5.32 Å². The number of hydrogen-bond donors (Lipinski definition) is 2. The van der Waals surface area contributed by atoms with Gasteiger partial charge in [-0.15, -0.1) is 0 Å². The summed E-state index contributed by atoms with van der Waals surface area (Å²) in [5.74, 6) is 0.247. The Kier molecular flexibility index (Phi) is 6.92. The van der Waals surface area contributed by atoms with Crippen LogP contribution in [-0.4, -0.2) is 43.4 Å². The van der Waals surface area contributed by atoms with Gasteiger partial charge in [0.2, 0.25) is 5.91 Å². The fourth-order valence-corrected chi connectivity index (χ4v) is 2.72. The molecule has 0 radical (unpaired) electrons. The number of carbonyl (C=O) groups is 1. The fourth-order valence-electron chi connectivity index (χ4n) is 2.72. The summed E-state index contributed by atoms with van der Waals surface area (Å²) in [7, 11) is 0. The Morgan fingerprint density at radius 1 is 1.40 bits per heavy atom. The van der Waals surface area contributed by atoms with Gasteiger partial charge in [0.05, 0.1) is 11.6 Å². The van der Waals surface area contributed by atoms with Crippen LogP contribution in [0.1, 0.15) is 47.0 Å². The van der Waals surface area contributed by atoms with Crippen molar-refractivity contribution in [2.75, 3.05) is 19.8 Å². The number of nitrogens with two attached hydrogens (primary N) is 1. The number of carbonyl (C=O) groups excluding carboxylic acids is 1. The maximum Gasteiger partial charge on any atom is 0.237 e. The number of hydrogen-bond acceptors (Lipinski definition) is 4. The van der Waals surface area contributed by atoms with Crippen molar-refractivity contribution in [1.29, 1.82) is 0 Å². The monoisotopic (exact) mass is 286 g/mol. The quantitative estimate of drug-likeness (QED) is 0.708. The molecule has 0 bridgehead atoms. The van der Waals surface area contributed by atoms with Gasteiger partial charge in [0.1, 0.15) is 0 Å². The molecule has 5 nitrogen and oxygen atoms in total. The zero-order valence-corrected chi connectivity index (χ0v) is 13.3. The van der Waals surface area contributed by atoms with E-state index in [9.17, 15) is 4.79 Å². The molecule has 1 aliphatic rings. The zero-order chi connectivity index (χ0) is 15.2. The minimum absolute atomic E-state index is 0.00148. The molecule has 0 spiro atoms. The van der Waals surface area contributed by atoms with E-state index in [1.165, 1.54) is 0 Å². The second-order valence-corrected chi connectivity index (χ2v) is 6.40. The zero-order valence-electron chi connectivity index (χ0n) is 13.3. The minimum Gasteiger partial charge on any atom is -0.381 e. The first-order valence-corrected chi connectivity index (χ1v) is 7.60. The summed E-state index contributed by atoms with van der Waals surface area (Å²) in [5.41, 5.74) is 4.81. The summed E-state index contributed by atoms with van der Waals surface area (Å²) < 4.78 is 11.2. The number of amides is 1. The summed E-state index contributed by atoms with van der Waals surface area (Å²) in [6.45, 7) is 10.3. The molecular formula is C15H30N2O3. The Bertz CT molecular complexity index is 303. The van der Waals surface area contributed by atoms with Gasteiger partial charge in [-0.2, -0.15) is 0 Å². The third kappa shape index (κ3) is 5.77. The molecule has 5 heteroatoms. The molecule has 2 atom stereocenters. The maximum absolute atomic E-state index is 11.7. The SMILES string of the molecule is CC(C)NC(C)(CC(C)OCC1CCOCC1)C(N)=O. The van der Waals surface area contributed by atoms with E-state index in [1.54, 1.807) is 0 Å². The Morgan fingerprint density at radius 2 is 2.00 bits per heavy atom. The van der Waals surface area contributed by atoms with Gasteiger partial charge in [0.15, 0.2) is 0 Å². The van der Waals surface area contributed by atoms with Crippen LogP contribution in [0.4, 0.5) is 0 Å². The van der Waals surface area contributed by atoms with E-state index in [2.05, 4.69) is 5.32 Å². The highest BCUT2D eigenvalue weighted by Crippen LogP contribution is 2.19. The molecule has 118 valence electrons. The van der Waals surface area contributed by atoms with Gasteiger partial charge in [-0.3, -0.25) is 4.79 Å². The molecule has 1 amide bonds. The Balaban J connectivity index is 2.40. The van der Waals surface area contributed by atoms with Gasteiger partial charge in [-0.05, 0) is 46.5 Å². The fraction of sp³-hybridized carbons (Fsp3) is 0.933. The van der Waals surface area contributed by atoms with Gasteiger partial charge in [-0.25, -0.2) is 0 Å². The molecule has 1 rings (SSSR count). The molecule has 0 saturated carbocycles. The molecule has 1 aliphatic heterocycles. The van der Waals surface area contributed by atoms with Crippen LogP contribution in [0.25, 0.3) is 0 Å². The van der Waals surface area contributed by atoms with Crippen LogP contribution >= 0.6 is 0 Å². The average Bonchev–Trinajstić information content (AvgIpc) is 2.36. The van der Waals surface area contributed by atoms with Crippen LogP contribution in [0.5, 0.6) is 0 Å². The molecule has 0 aliphatic carbocycles. The van der Waals surface area contributed by atoms with Gasteiger partial charge in [0, 0.05) is 32.3 Å². The first-order valence-electron chi connectivity index (χ1n) is 7.60. The van der Waals surface area contributed by atoms with E-state index in [0.29, 0.717) is 12.3 Å². The van der Waals surface area contributed by atoms with E-state index in [0.717, 1.165) is 32.7 Å². The molecule has 1 fully saturated rings. The molecule has 2 unspecified atom stereocenters. The lowest BCUT2D eigenvalue weighted by molar-refractivity contribution is -0.126. The predicted octanol–water partition coefficient (Wildman–Crippen LogP) is 1.45. The smallest absolute Gasteiger partial charge is 0.237 e. The third-order valence-electron chi connectivity index (χ3n) is 3.80. The highest BCUT2D eigenvalue weighted by Gasteiger charge is 2.33. The molecule has 1 heterocycles. The predicted molar refractivity (Wildman–Crippen MR) is 79.4 cm³/mol. The highest BCUT2D eigenvalue weighted by atomic mass is 16.5. The summed E-state index contributed by atoms with van der Waals surface area (Å²) in [6, 6.07) is 0.204. The van der Waals surface area contributed by atoms with E-state index in [4.69, 9.17) is 15.2 Å². The first kappa shape index (κ1) is 17.4. The number of nitrogens with one attached hydrogen (secondary N) is 1. The van der Waals surface area contributed by atoms with E-state index < -0.39 is 5.54 Å². The van der Waals surface area contributed by atoms with Crippen LogP contribution in [0, 0.1) is 5.92 Å². The normalized spacial score (nSPS) is 21.6. The number of primary amides is 1. The van der Waals surface area contributed by atoms with Crippen molar-refractivity contribution in [3.8, 4) is 0 Å². The van der Waals surface area contributed by atoms with Crippen LogP contribution in [0.3, 0.4) is 0 Å².